The van der Waals surface area contributed by atoms with Gasteiger partial charge < -0.3 is 4.74 Å². The number of fused-ring (bicyclic) bond motifs is 1. The third-order valence-corrected chi connectivity index (χ3v) is 6.24. The Morgan fingerprint density at radius 1 is 1.13 bits per heavy atom. The summed E-state index contributed by atoms with van der Waals surface area (Å²) in [6.07, 6.45) is 9.38. The van der Waals surface area contributed by atoms with Gasteiger partial charge in [0.1, 0.15) is 5.01 Å². The Kier molecular flexibility index (Phi) is 5.69. The number of esters is 1. The van der Waals surface area contributed by atoms with E-state index in [-0.39, 0.29) is 11.4 Å². The average molecular weight is 416 g/mol. The summed E-state index contributed by atoms with van der Waals surface area (Å²) in [6, 6.07) is 14.2. The van der Waals surface area contributed by atoms with E-state index >= 15 is 0 Å². The lowest BCUT2D eigenvalue weighted by Crippen LogP contribution is -2.21. The zero-order chi connectivity index (χ0) is 21.1. The molecule has 0 unspecified atom stereocenters. The number of aromatic nitrogens is 1. The molecule has 2 aromatic carbocycles. The average Bonchev–Trinajstić information content (AvgIpc) is 3.27. The molecule has 0 saturated heterocycles. The highest BCUT2D eigenvalue weighted by Crippen LogP contribution is 2.42. The van der Waals surface area contributed by atoms with Crippen molar-refractivity contribution in [1.82, 2.24) is 4.98 Å². The molecule has 3 aromatic rings. The summed E-state index contributed by atoms with van der Waals surface area (Å²) in [7, 11) is 0. The Hall–Kier alpha value is -2.98. The monoisotopic (exact) mass is 415 g/mol. The molecular weight excluding hydrogens is 390 g/mol. The lowest BCUT2D eigenvalue weighted by Gasteiger charge is -2.31. The van der Waals surface area contributed by atoms with Gasteiger partial charge in [0.2, 0.25) is 0 Å². The van der Waals surface area contributed by atoms with Gasteiger partial charge in [-0.3, -0.25) is 0 Å². The standard InChI is InChI=1S/C26H25NO2S/c1-4-29-25(28)20-10-7-18(8-11-20)5-6-19-9-12-23-22(17-19)21(13-14-26(23,2)3)24-27-15-16-30-24/h5-13,15-17H,4,14H2,1-3H3. The largest absolute Gasteiger partial charge is 0.462 e. The van der Waals surface area contributed by atoms with Crippen LogP contribution >= 0.6 is 11.3 Å². The molecule has 0 N–H and O–H groups in total. The number of carbonyl (C=O) groups is 1. The van der Waals surface area contributed by atoms with Gasteiger partial charge in [-0.05, 0) is 59.2 Å². The van der Waals surface area contributed by atoms with E-state index in [9.17, 15) is 4.79 Å². The van der Waals surface area contributed by atoms with Crippen molar-refractivity contribution in [2.24, 2.45) is 0 Å². The third kappa shape index (κ3) is 4.14. The van der Waals surface area contributed by atoms with Crippen LogP contribution in [0.5, 0.6) is 0 Å². The summed E-state index contributed by atoms with van der Waals surface area (Å²) in [5.41, 5.74) is 6.73. The molecule has 0 amide bonds. The minimum absolute atomic E-state index is 0.112. The predicted octanol–water partition coefficient (Wildman–Crippen LogP) is 6.60. The smallest absolute Gasteiger partial charge is 0.338 e. The Morgan fingerprint density at radius 3 is 2.57 bits per heavy atom. The highest BCUT2D eigenvalue weighted by Gasteiger charge is 2.29. The molecule has 4 rings (SSSR count). The van der Waals surface area contributed by atoms with Crippen LogP contribution in [0.2, 0.25) is 0 Å². The van der Waals surface area contributed by atoms with E-state index in [0.29, 0.717) is 12.2 Å². The Bertz CT molecular complexity index is 1110. The number of benzene rings is 2. The number of carbonyl (C=O) groups excluding carboxylic acids is 1. The van der Waals surface area contributed by atoms with Crippen molar-refractivity contribution in [3.05, 3.63) is 92.9 Å². The van der Waals surface area contributed by atoms with Crippen LogP contribution in [0.3, 0.4) is 0 Å². The molecular formula is C26H25NO2S. The Morgan fingerprint density at radius 2 is 1.87 bits per heavy atom. The van der Waals surface area contributed by atoms with Gasteiger partial charge in [0.15, 0.2) is 0 Å². The van der Waals surface area contributed by atoms with Crippen molar-refractivity contribution < 1.29 is 9.53 Å². The molecule has 0 atom stereocenters. The number of hydrogen-bond donors (Lipinski definition) is 0. The van der Waals surface area contributed by atoms with Crippen molar-refractivity contribution >= 4 is 35.0 Å². The zero-order valence-corrected chi connectivity index (χ0v) is 18.3. The van der Waals surface area contributed by atoms with Crippen LogP contribution < -0.4 is 0 Å². The van der Waals surface area contributed by atoms with Gasteiger partial charge in [0, 0.05) is 17.2 Å². The minimum Gasteiger partial charge on any atom is -0.462 e. The summed E-state index contributed by atoms with van der Waals surface area (Å²) in [6.45, 7) is 6.78. The van der Waals surface area contributed by atoms with E-state index in [4.69, 9.17) is 4.74 Å². The first-order chi connectivity index (χ1) is 14.5. The molecule has 1 aliphatic rings. The van der Waals surface area contributed by atoms with Gasteiger partial charge in [0.05, 0.1) is 12.2 Å². The first-order valence-corrected chi connectivity index (χ1v) is 11.1. The molecule has 152 valence electrons. The zero-order valence-electron chi connectivity index (χ0n) is 17.5. The number of hydrogen-bond acceptors (Lipinski definition) is 4. The number of ether oxygens (including phenoxy) is 1. The van der Waals surface area contributed by atoms with E-state index in [1.165, 1.54) is 16.7 Å². The lowest BCUT2D eigenvalue weighted by molar-refractivity contribution is 0.0526. The maximum atomic E-state index is 11.8. The second-order valence-electron chi connectivity index (χ2n) is 8.02. The molecule has 1 heterocycles. The molecule has 3 nitrogen and oxygen atoms in total. The molecule has 0 fully saturated rings. The Balaban J connectivity index is 1.62. The number of allylic oxidation sites excluding steroid dienone is 1. The van der Waals surface area contributed by atoms with Crippen LogP contribution in [0.15, 0.2) is 60.1 Å². The lowest BCUT2D eigenvalue weighted by atomic mass is 9.73. The van der Waals surface area contributed by atoms with E-state index in [1.807, 2.05) is 30.6 Å². The van der Waals surface area contributed by atoms with Gasteiger partial charge in [0.25, 0.3) is 0 Å². The van der Waals surface area contributed by atoms with Gasteiger partial charge in [-0.2, -0.15) is 0 Å². The highest BCUT2D eigenvalue weighted by atomic mass is 32.1. The van der Waals surface area contributed by atoms with Crippen LogP contribution in [0.4, 0.5) is 0 Å². The molecule has 0 saturated carbocycles. The van der Waals surface area contributed by atoms with Crippen molar-refractivity contribution in [2.75, 3.05) is 6.61 Å². The fraction of sp³-hybridized carbons (Fsp3) is 0.231. The van der Waals surface area contributed by atoms with Crippen LogP contribution in [-0.4, -0.2) is 17.6 Å². The summed E-state index contributed by atoms with van der Waals surface area (Å²) in [5.74, 6) is -0.285. The maximum Gasteiger partial charge on any atom is 0.338 e. The number of thiazole rings is 1. The molecule has 0 spiro atoms. The van der Waals surface area contributed by atoms with E-state index in [0.717, 1.165) is 22.6 Å². The fourth-order valence-electron chi connectivity index (χ4n) is 3.75. The second kappa shape index (κ2) is 8.41. The normalized spacial score (nSPS) is 15.0. The number of rotatable bonds is 5. The van der Waals surface area contributed by atoms with Crippen molar-refractivity contribution in [2.45, 2.75) is 32.6 Å². The number of nitrogens with zero attached hydrogens (tertiary/aromatic N) is 1. The molecule has 4 heteroatoms. The second-order valence-corrected chi connectivity index (χ2v) is 8.92. The topological polar surface area (TPSA) is 39.2 Å². The predicted molar refractivity (Wildman–Crippen MR) is 125 cm³/mol. The molecule has 1 aliphatic carbocycles. The first kappa shape index (κ1) is 20.3. The van der Waals surface area contributed by atoms with E-state index < -0.39 is 0 Å². The van der Waals surface area contributed by atoms with Crippen molar-refractivity contribution in [3.63, 3.8) is 0 Å². The first-order valence-electron chi connectivity index (χ1n) is 10.2. The summed E-state index contributed by atoms with van der Waals surface area (Å²) in [4.78, 5) is 16.3. The van der Waals surface area contributed by atoms with E-state index in [1.54, 1.807) is 23.5 Å². The SMILES string of the molecule is CCOC(=O)c1ccc(C=Cc2ccc3c(c2)C(c2nccs2)=CCC3(C)C)cc1. The maximum absolute atomic E-state index is 11.8. The van der Waals surface area contributed by atoms with Crippen molar-refractivity contribution in [1.29, 1.82) is 0 Å². The summed E-state index contributed by atoms with van der Waals surface area (Å²) in [5, 5.41) is 3.10. The highest BCUT2D eigenvalue weighted by molar-refractivity contribution is 7.10. The Labute approximate surface area is 181 Å². The van der Waals surface area contributed by atoms with Gasteiger partial charge in [-0.15, -0.1) is 11.3 Å². The minimum atomic E-state index is -0.285. The van der Waals surface area contributed by atoms with Crippen LogP contribution in [0.25, 0.3) is 17.7 Å². The fourth-order valence-corrected chi connectivity index (χ4v) is 4.44. The summed E-state index contributed by atoms with van der Waals surface area (Å²) >= 11 is 1.68. The molecule has 0 bridgehead atoms. The van der Waals surface area contributed by atoms with Crippen LogP contribution in [0, 0.1) is 0 Å². The van der Waals surface area contributed by atoms with Gasteiger partial charge in [-0.1, -0.05) is 56.3 Å². The van der Waals surface area contributed by atoms with Crippen LogP contribution in [-0.2, 0) is 10.2 Å². The molecule has 0 aliphatic heterocycles. The quantitative estimate of drug-likeness (QED) is 0.348. The molecule has 1 aromatic heterocycles. The van der Waals surface area contributed by atoms with Crippen molar-refractivity contribution in [3.8, 4) is 0 Å². The summed E-state index contributed by atoms with van der Waals surface area (Å²) < 4.78 is 5.04. The van der Waals surface area contributed by atoms with Gasteiger partial charge >= 0.3 is 5.97 Å². The molecule has 30 heavy (non-hydrogen) atoms. The van der Waals surface area contributed by atoms with Gasteiger partial charge in [-0.25, -0.2) is 9.78 Å². The third-order valence-electron chi connectivity index (χ3n) is 5.43. The van der Waals surface area contributed by atoms with E-state index in [2.05, 4.69) is 55.3 Å². The van der Waals surface area contributed by atoms with Crippen LogP contribution in [0.1, 0.15) is 64.8 Å². The molecule has 0 radical (unpaired) electrons.